The first-order valence-corrected chi connectivity index (χ1v) is 12.0. The molecule has 1 aliphatic heterocycles. The average Bonchev–Trinajstić information content (AvgIpc) is 3.33. The van der Waals surface area contributed by atoms with Gasteiger partial charge in [0.1, 0.15) is 18.4 Å². The number of aromatic nitrogens is 4. The Morgan fingerprint density at radius 3 is 2.54 bits per heavy atom. The van der Waals surface area contributed by atoms with E-state index in [0.29, 0.717) is 24.0 Å². The molecule has 0 saturated carbocycles. The van der Waals surface area contributed by atoms with Crippen LogP contribution in [0.2, 0.25) is 0 Å². The topological polar surface area (TPSA) is 91.2 Å². The lowest BCUT2D eigenvalue weighted by atomic mass is 9.70. The van der Waals surface area contributed by atoms with Crippen molar-refractivity contribution in [2.45, 2.75) is 52.7 Å². The van der Waals surface area contributed by atoms with Gasteiger partial charge in [0.15, 0.2) is 0 Å². The van der Waals surface area contributed by atoms with Crippen LogP contribution in [0.1, 0.15) is 67.6 Å². The second-order valence-electron chi connectivity index (χ2n) is 10.3. The highest BCUT2D eigenvalue weighted by atomic mass is 16.5. The molecule has 2 atom stereocenters. The molecule has 0 spiro atoms. The van der Waals surface area contributed by atoms with E-state index in [-0.39, 0.29) is 17.4 Å². The Kier molecular flexibility index (Phi) is 6.05. The summed E-state index contributed by atoms with van der Waals surface area (Å²) in [5, 5.41) is 16.1. The number of esters is 1. The van der Waals surface area contributed by atoms with E-state index in [1.807, 2.05) is 28.9 Å². The van der Waals surface area contributed by atoms with Gasteiger partial charge in [0.2, 0.25) is 5.95 Å². The Morgan fingerprint density at radius 2 is 1.86 bits per heavy atom. The molecule has 0 unspecified atom stereocenters. The van der Waals surface area contributed by atoms with E-state index in [4.69, 9.17) is 9.47 Å². The maximum Gasteiger partial charge on any atom is 0.337 e. The molecule has 8 heteroatoms. The molecule has 1 N–H and O–H groups in total. The number of nitrogens with zero attached hydrogens (tertiary/aromatic N) is 4. The lowest BCUT2D eigenvalue weighted by Crippen LogP contribution is -2.35. The zero-order chi connectivity index (χ0) is 24.6. The number of ether oxygens (including phenoxy) is 2. The molecule has 182 valence electrons. The van der Waals surface area contributed by atoms with Crippen molar-refractivity contribution in [2.24, 2.45) is 11.3 Å². The smallest absolute Gasteiger partial charge is 0.337 e. The molecular weight excluding hydrogens is 442 g/mol. The van der Waals surface area contributed by atoms with Gasteiger partial charge in [-0.3, -0.25) is 0 Å². The minimum Gasteiger partial charge on any atom is -0.489 e. The van der Waals surface area contributed by atoms with Gasteiger partial charge in [0, 0.05) is 11.6 Å². The standard InChI is InChI=1S/C27H31N5O3/c1-27(2,3)22-7-5-6-21-23(22)28-26-29-30-31-32(26)24(21)18-12-14-20(15-13-18)35-16-17-8-10-19(11-9-17)25(33)34-4/h8-15,22,24H,5-7,16H2,1-4H3,(H,28,29,31)/t22-,24-/m0/s1. The second-order valence-corrected chi connectivity index (χ2v) is 10.3. The Balaban J connectivity index is 1.36. The van der Waals surface area contributed by atoms with Gasteiger partial charge in [-0.1, -0.05) is 50.1 Å². The summed E-state index contributed by atoms with van der Waals surface area (Å²) in [6.07, 6.45) is 3.35. The third-order valence-corrected chi connectivity index (χ3v) is 6.97. The fourth-order valence-corrected chi connectivity index (χ4v) is 5.15. The minimum atomic E-state index is -0.346. The highest BCUT2D eigenvalue weighted by Crippen LogP contribution is 2.48. The minimum absolute atomic E-state index is 0.0266. The van der Waals surface area contributed by atoms with Crippen LogP contribution in [0.4, 0.5) is 5.95 Å². The summed E-state index contributed by atoms with van der Waals surface area (Å²) in [5.74, 6) is 1.57. The van der Waals surface area contributed by atoms with Crippen molar-refractivity contribution in [3.63, 3.8) is 0 Å². The van der Waals surface area contributed by atoms with Crippen molar-refractivity contribution in [2.75, 3.05) is 12.4 Å². The molecule has 2 heterocycles. The molecule has 0 amide bonds. The van der Waals surface area contributed by atoms with Crippen LogP contribution >= 0.6 is 0 Å². The fraction of sp³-hybridized carbons (Fsp3) is 0.407. The molecule has 8 nitrogen and oxygen atoms in total. The second kappa shape index (κ2) is 9.17. The summed E-state index contributed by atoms with van der Waals surface area (Å²) >= 11 is 0. The van der Waals surface area contributed by atoms with Gasteiger partial charge >= 0.3 is 5.97 Å². The number of hydrogen-bond donors (Lipinski definition) is 1. The van der Waals surface area contributed by atoms with E-state index in [1.165, 1.54) is 18.4 Å². The summed E-state index contributed by atoms with van der Waals surface area (Å²) in [6.45, 7) is 7.32. The Labute approximate surface area is 205 Å². The van der Waals surface area contributed by atoms with Crippen LogP contribution in [0, 0.1) is 11.3 Å². The Bertz CT molecular complexity index is 1240. The number of nitrogens with one attached hydrogen (secondary N) is 1. The molecule has 0 saturated heterocycles. The number of benzene rings is 2. The van der Waals surface area contributed by atoms with Crippen molar-refractivity contribution < 1.29 is 14.3 Å². The lowest BCUT2D eigenvalue weighted by molar-refractivity contribution is 0.0600. The number of tetrazole rings is 1. The number of hydrogen-bond acceptors (Lipinski definition) is 7. The van der Waals surface area contributed by atoms with Gasteiger partial charge < -0.3 is 14.8 Å². The largest absolute Gasteiger partial charge is 0.489 e. The van der Waals surface area contributed by atoms with Crippen molar-refractivity contribution in [1.29, 1.82) is 0 Å². The monoisotopic (exact) mass is 473 g/mol. The lowest BCUT2D eigenvalue weighted by Gasteiger charge is -2.42. The molecule has 3 aromatic rings. The van der Waals surface area contributed by atoms with Gasteiger partial charge in [0.25, 0.3) is 0 Å². The van der Waals surface area contributed by atoms with Gasteiger partial charge in [-0.25, -0.2) is 4.79 Å². The molecule has 5 rings (SSSR count). The molecule has 0 fully saturated rings. The van der Waals surface area contributed by atoms with Gasteiger partial charge in [-0.15, -0.1) is 0 Å². The van der Waals surface area contributed by atoms with Gasteiger partial charge in [-0.2, -0.15) is 4.68 Å². The van der Waals surface area contributed by atoms with Crippen molar-refractivity contribution in [3.05, 3.63) is 76.5 Å². The Hall–Kier alpha value is -3.68. The maximum atomic E-state index is 11.6. The van der Waals surface area contributed by atoms with Crippen LogP contribution in [0.25, 0.3) is 0 Å². The molecule has 1 aromatic heterocycles. The number of rotatable bonds is 5. The summed E-state index contributed by atoms with van der Waals surface area (Å²) in [4.78, 5) is 11.6. The Morgan fingerprint density at radius 1 is 1.11 bits per heavy atom. The molecule has 2 aliphatic rings. The van der Waals surface area contributed by atoms with Crippen molar-refractivity contribution >= 4 is 11.9 Å². The maximum absolute atomic E-state index is 11.6. The van der Waals surface area contributed by atoms with E-state index in [9.17, 15) is 4.79 Å². The number of carbonyl (C=O) groups is 1. The molecule has 2 aromatic carbocycles. The number of anilines is 1. The van der Waals surface area contributed by atoms with E-state index >= 15 is 0 Å². The zero-order valence-corrected chi connectivity index (χ0v) is 20.6. The first kappa shape index (κ1) is 23.1. The summed E-state index contributed by atoms with van der Waals surface area (Å²) in [6, 6.07) is 15.4. The van der Waals surface area contributed by atoms with E-state index in [1.54, 1.807) is 12.1 Å². The van der Waals surface area contributed by atoms with E-state index in [0.717, 1.165) is 36.1 Å². The van der Waals surface area contributed by atoms with Crippen molar-refractivity contribution in [1.82, 2.24) is 20.2 Å². The van der Waals surface area contributed by atoms with Crippen LogP contribution in [0.15, 0.2) is 59.8 Å². The average molecular weight is 474 g/mol. The first-order valence-electron chi connectivity index (χ1n) is 12.0. The predicted molar refractivity (Wildman–Crippen MR) is 132 cm³/mol. The molecule has 0 bridgehead atoms. The zero-order valence-electron chi connectivity index (χ0n) is 20.6. The van der Waals surface area contributed by atoms with Crippen LogP contribution in [-0.4, -0.2) is 33.3 Å². The molecular formula is C27H31N5O3. The molecule has 0 radical (unpaired) electrons. The highest BCUT2D eigenvalue weighted by molar-refractivity contribution is 5.89. The summed E-state index contributed by atoms with van der Waals surface area (Å²) < 4.78 is 12.6. The third-order valence-electron chi connectivity index (χ3n) is 6.97. The fourth-order valence-electron chi connectivity index (χ4n) is 5.15. The van der Waals surface area contributed by atoms with Gasteiger partial charge in [-0.05, 0) is 76.1 Å². The number of methoxy groups -OCH3 is 1. The van der Waals surface area contributed by atoms with Crippen LogP contribution < -0.4 is 10.1 Å². The molecule has 1 aliphatic carbocycles. The third kappa shape index (κ3) is 4.52. The normalized spacial score (nSPS) is 19.4. The molecule has 35 heavy (non-hydrogen) atoms. The quantitative estimate of drug-likeness (QED) is 0.512. The first-order chi connectivity index (χ1) is 16.8. The van der Waals surface area contributed by atoms with Gasteiger partial charge in [0.05, 0.1) is 12.7 Å². The summed E-state index contributed by atoms with van der Waals surface area (Å²) in [5.41, 5.74) is 5.44. The SMILES string of the molecule is COC(=O)c1ccc(COc2ccc([C@H]3C4=C(Nc5nnnn53)[C@@H](C(C)(C)C)CCC4)cc2)cc1. The predicted octanol–water partition coefficient (Wildman–Crippen LogP) is 5.15. The van der Waals surface area contributed by atoms with Crippen molar-refractivity contribution in [3.8, 4) is 5.75 Å². The van der Waals surface area contributed by atoms with Crippen LogP contribution in [-0.2, 0) is 11.3 Å². The van der Waals surface area contributed by atoms with Crippen LogP contribution in [0.5, 0.6) is 5.75 Å². The number of allylic oxidation sites excluding steroid dienone is 2. The van der Waals surface area contributed by atoms with E-state index in [2.05, 4.69) is 53.7 Å². The van der Waals surface area contributed by atoms with E-state index < -0.39 is 0 Å². The number of carbonyl (C=O) groups excluding carboxylic acids is 1. The highest BCUT2D eigenvalue weighted by Gasteiger charge is 2.39. The van der Waals surface area contributed by atoms with Crippen LogP contribution in [0.3, 0.4) is 0 Å². The number of fused-ring (bicyclic) bond motifs is 1. The summed E-state index contributed by atoms with van der Waals surface area (Å²) in [7, 11) is 1.38.